The van der Waals surface area contributed by atoms with Crippen LogP contribution in [0.2, 0.25) is 0 Å². The third kappa shape index (κ3) is 3.96. The Morgan fingerprint density at radius 2 is 2.04 bits per heavy atom. The van der Waals surface area contributed by atoms with Crippen LogP contribution in [-0.4, -0.2) is 36.1 Å². The Balaban J connectivity index is 1.80. The van der Waals surface area contributed by atoms with E-state index in [4.69, 9.17) is 9.47 Å². The first-order valence-electron chi connectivity index (χ1n) is 8.96. The zero-order valence-electron chi connectivity index (χ0n) is 14.7. The summed E-state index contributed by atoms with van der Waals surface area (Å²) in [4.78, 5) is 0. The van der Waals surface area contributed by atoms with Gasteiger partial charge < -0.3 is 14.6 Å². The van der Waals surface area contributed by atoms with Gasteiger partial charge in [-0.1, -0.05) is 23.3 Å². The average Bonchev–Trinajstić information content (AvgIpc) is 3.00. The third-order valence-electron chi connectivity index (χ3n) is 5.62. The molecule has 3 unspecified atom stereocenters. The van der Waals surface area contributed by atoms with Crippen LogP contribution < -0.4 is 0 Å². The van der Waals surface area contributed by atoms with Gasteiger partial charge in [-0.05, 0) is 70.4 Å². The van der Waals surface area contributed by atoms with Crippen LogP contribution in [0.25, 0.3) is 0 Å². The van der Waals surface area contributed by atoms with Crippen LogP contribution in [0.5, 0.6) is 0 Å². The van der Waals surface area contributed by atoms with Crippen LogP contribution in [0.3, 0.4) is 0 Å². The van der Waals surface area contributed by atoms with Gasteiger partial charge >= 0.3 is 0 Å². The normalized spacial score (nSPS) is 35.8. The molecule has 0 spiro atoms. The smallest absolute Gasteiger partial charge is 0.0977 e. The summed E-state index contributed by atoms with van der Waals surface area (Å²) in [5, 5.41) is 9.61. The number of aliphatic hydroxyl groups is 1. The number of ether oxygens (including phenoxy) is 2. The topological polar surface area (TPSA) is 42.0 Å². The molecule has 0 bridgehead atoms. The number of allylic oxidation sites excluding steroid dienone is 3. The molecule has 3 aliphatic rings. The van der Waals surface area contributed by atoms with Gasteiger partial charge in [0.05, 0.1) is 31.0 Å². The van der Waals surface area contributed by atoms with Gasteiger partial charge in [-0.25, -0.2) is 0 Å². The molecule has 23 heavy (non-hydrogen) atoms. The van der Waals surface area contributed by atoms with Crippen molar-refractivity contribution in [2.75, 3.05) is 13.2 Å². The number of hydrogen-bond acceptors (Lipinski definition) is 3. The van der Waals surface area contributed by atoms with Crippen molar-refractivity contribution in [3.63, 3.8) is 0 Å². The number of rotatable bonds is 1. The molecule has 1 aliphatic carbocycles. The predicted octanol–water partition coefficient (Wildman–Crippen LogP) is 4.08. The first-order valence-corrected chi connectivity index (χ1v) is 8.96. The zero-order chi connectivity index (χ0) is 16.4. The minimum Gasteiger partial charge on any atom is -0.392 e. The molecule has 0 saturated carbocycles. The van der Waals surface area contributed by atoms with E-state index in [0.717, 1.165) is 44.1 Å². The summed E-state index contributed by atoms with van der Waals surface area (Å²) in [5.41, 5.74) is 5.23. The fourth-order valence-electron chi connectivity index (χ4n) is 3.81. The van der Waals surface area contributed by atoms with Crippen molar-refractivity contribution >= 4 is 0 Å². The molecule has 3 rings (SSSR count). The Bertz CT molecular complexity index is 543. The van der Waals surface area contributed by atoms with E-state index >= 15 is 0 Å². The lowest BCUT2D eigenvalue weighted by molar-refractivity contribution is 0.145. The molecular formula is C20H30O3. The molecule has 1 fully saturated rings. The van der Waals surface area contributed by atoms with Gasteiger partial charge in [0, 0.05) is 0 Å². The van der Waals surface area contributed by atoms with Crippen molar-refractivity contribution in [2.45, 2.75) is 77.1 Å². The Labute approximate surface area is 140 Å². The second-order valence-corrected chi connectivity index (χ2v) is 7.58. The highest BCUT2D eigenvalue weighted by atomic mass is 16.6. The lowest BCUT2D eigenvalue weighted by Crippen LogP contribution is -2.14. The van der Waals surface area contributed by atoms with E-state index in [1.54, 1.807) is 0 Å². The lowest BCUT2D eigenvalue weighted by atomic mass is 9.90. The van der Waals surface area contributed by atoms with Gasteiger partial charge in [-0.3, -0.25) is 0 Å². The van der Waals surface area contributed by atoms with Crippen LogP contribution in [0.15, 0.2) is 34.4 Å². The summed E-state index contributed by atoms with van der Waals surface area (Å²) >= 11 is 0. The van der Waals surface area contributed by atoms with Crippen LogP contribution in [0.4, 0.5) is 0 Å². The van der Waals surface area contributed by atoms with Crippen molar-refractivity contribution in [1.82, 2.24) is 0 Å². The van der Waals surface area contributed by atoms with Crippen molar-refractivity contribution in [1.29, 1.82) is 0 Å². The van der Waals surface area contributed by atoms with Crippen molar-refractivity contribution in [2.24, 2.45) is 0 Å². The van der Waals surface area contributed by atoms with E-state index in [1.807, 2.05) is 0 Å². The Hall–Kier alpha value is -0.900. The van der Waals surface area contributed by atoms with Crippen molar-refractivity contribution in [3.8, 4) is 0 Å². The number of aliphatic hydroxyl groups excluding tert-OH is 1. The first-order chi connectivity index (χ1) is 11.0. The molecule has 0 aromatic carbocycles. The largest absolute Gasteiger partial charge is 0.392 e. The molecule has 0 amide bonds. The molecule has 128 valence electrons. The van der Waals surface area contributed by atoms with Crippen LogP contribution in [-0.2, 0) is 9.47 Å². The van der Waals surface area contributed by atoms with Gasteiger partial charge in [-0.15, -0.1) is 0 Å². The van der Waals surface area contributed by atoms with Crippen LogP contribution in [0, 0.1) is 0 Å². The van der Waals surface area contributed by atoms with Crippen molar-refractivity contribution < 1.29 is 14.6 Å². The fraction of sp³-hybridized carbons (Fsp3) is 0.700. The highest BCUT2D eigenvalue weighted by molar-refractivity contribution is 5.30. The monoisotopic (exact) mass is 318 g/mol. The Morgan fingerprint density at radius 3 is 2.83 bits per heavy atom. The molecular weight excluding hydrogens is 288 g/mol. The molecule has 2 aliphatic heterocycles. The number of epoxide rings is 1. The predicted molar refractivity (Wildman–Crippen MR) is 92.3 cm³/mol. The van der Waals surface area contributed by atoms with Gasteiger partial charge in [-0.2, -0.15) is 0 Å². The molecule has 3 nitrogen and oxygen atoms in total. The molecule has 3 atom stereocenters. The standard InChI is InChI=1S/C20H30O3/c1-14-5-4-6-15(2)11-18-17(16(12-21)13-22-18)9-10-20(3)19(23-20)8-7-14/h5,11,18-19,21H,4,6-10,12-13H2,1-3H3. The summed E-state index contributed by atoms with van der Waals surface area (Å²) in [6, 6.07) is 0. The highest BCUT2D eigenvalue weighted by Gasteiger charge is 2.51. The van der Waals surface area contributed by atoms with Crippen LogP contribution >= 0.6 is 0 Å². The third-order valence-corrected chi connectivity index (χ3v) is 5.62. The van der Waals surface area contributed by atoms with Gasteiger partial charge in [0.15, 0.2) is 0 Å². The maximum atomic E-state index is 9.61. The maximum Gasteiger partial charge on any atom is 0.0977 e. The average molecular weight is 318 g/mol. The fourth-order valence-corrected chi connectivity index (χ4v) is 3.81. The first kappa shape index (κ1) is 16.9. The zero-order valence-corrected chi connectivity index (χ0v) is 14.7. The van der Waals surface area contributed by atoms with Gasteiger partial charge in [0.1, 0.15) is 0 Å². The summed E-state index contributed by atoms with van der Waals surface area (Å²) < 4.78 is 11.9. The van der Waals surface area contributed by atoms with E-state index in [9.17, 15) is 5.11 Å². The minimum atomic E-state index is 0.0177. The maximum absolute atomic E-state index is 9.61. The van der Waals surface area contributed by atoms with E-state index in [0.29, 0.717) is 12.7 Å². The molecule has 1 N–H and O–H groups in total. The second kappa shape index (κ2) is 6.92. The molecule has 1 saturated heterocycles. The van der Waals surface area contributed by atoms with Gasteiger partial charge in [0.25, 0.3) is 0 Å². The summed E-state index contributed by atoms with van der Waals surface area (Å²) in [6.07, 6.45) is 11.5. The second-order valence-electron chi connectivity index (χ2n) is 7.58. The van der Waals surface area contributed by atoms with E-state index in [1.165, 1.54) is 16.7 Å². The van der Waals surface area contributed by atoms with Gasteiger partial charge in [0.2, 0.25) is 0 Å². The summed E-state index contributed by atoms with van der Waals surface area (Å²) in [5.74, 6) is 0. The molecule has 0 radical (unpaired) electrons. The molecule has 0 aromatic heterocycles. The quantitative estimate of drug-likeness (QED) is 0.585. The summed E-state index contributed by atoms with van der Waals surface area (Å²) in [7, 11) is 0. The van der Waals surface area contributed by atoms with E-state index in [-0.39, 0.29) is 18.3 Å². The Kier molecular flexibility index (Phi) is 5.10. The number of hydrogen-bond donors (Lipinski definition) is 1. The SMILES string of the molecule is CC1=CC2OCC(CO)=C2CCC2(C)OC2CCC(C)=CCC1. The van der Waals surface area contributed by atoms with E-state index < -0.39 is 0 Å². The van der Waals surface area contributed by atoms with E-state index in [2.05, 4.69) is 32.9 Å². The van der Waals surface area contributed by atoms with Crippen molar-refractivity contribution in [3.05, 3.63) is 34.4 Å². The highest BCUT2D eigenvalue weighted by Crippen LogP contribution is 2.45. The van der Waals surface area contributed by atoms with Crippen LogP contribution in [0.1, 0.15) is 59.3 Å². The minimum absolute atomic E-state index is 0.0177. The Morgan fingerprint density at radius 1 is 1.22 bits per heavy atom. The molecule has 0 aromatic rings. The summed E-state index contributed by atoms with van der Waals surface area (Å²) in [6.45, 7) is 7.34. The molecule has 3 heteroatoms. The molecule has 2 heterocycles. The lowest BCUT2D eigenvalue weighted by Gasteiger charge is -2.15. The number of fused-ring (bicyclic) bond motifs is 2.